The Morgan fingerprint density at radius 1 is 0.897 bits per heavy atom. The Labute approximate surface area is 186 Å². The Bertz CT molecular complexity index is 733. The first-order valence-corrected chi connectivity index (χ1v) is 12.6. The van der Waals surface area contributed by atoms with E-state index < -0.39 is 0 Å². The summed E-state index contributed by atoms with van der Waals surface area (Å²) in [5.41, 5.74) is 3.81. The van der Waals surface area contributed by atoms with Gasteiger partial charge in [0.25, 0.3) is 0 Å². The zero-order chi connectivity index (χ0) is 20.5. The van der Waals surface area contributed by atoms with Crippen molar-refractivity contribution in [2.45, 2.75) is 96.8 Å². The molecule has 0 N–H and O–H groups in total. The van der Waals surface area contributed by atoms with Gasteiger partial charge in [-0.25, -0.2) is 9.97 Å². The van der Waals surface area contributed by atoms with Crippen LogP contribution < -0.4 is 0 Å². The van der Waals surface area contributed by atoms with Gasteiger partial charge >= 0.3 is 0 Å². The average molecular weight is 458 g/mol. The molecule has 0 atom stereocenters. The number of unbranched alkanes of at least 4 members (excludes halogenated alkanes) is 4. The molecule has 1 aliphatic carbocycles. The second kappa shape index (κ2) is 11.8. The normalized spacial score (nSPS) is 19.4. The fraction of sp³-hybridized carbons (Fsp3) is 0.615. The van der Waals surface area contributed by atoms with Crippen molar-refractivity contribution in [3.05, 3.63) is 46.2 Å². The minimum absolute atomic E-state index is 0.649. The molecule has 3 heteroatoms. The molecule has 3 rings (SSSR count). The summed E-state index contributed by atoms with van der Waals surface area (Å²) in [7, 11) is 0. The summed E-state index contributed by atoms with van der Waals surface area (Å²) in [6, 6.07) is 6.64. The maximum Gasteiger partial charge on any atom is 0.160 e. The van der Waals surface area contributed by atoms with Crippen molar-refractivity contribution in [1.29, 1.82) is 0 Å². The summed E-state index contributed by atoms with van der Waals surface area (Å²) < 4.78 is 1.10. The monoisotopic (exact) mass is 456 g/mol. The van der Waals surface area contributed by atoms with Crippen molar-refractivity contribution >= 4 is 15.9 Å². The van der Waals surface area contributed by atoms with Crippen LogP contribution in [0.4, 0.5) is 0 Å². The largest absolute Gasteiger partial charge is 0.236 e. The van der Waals surface area contributed by atoms with Crippen molar-refractivity contribution in [2.75, 3.05) is 0 Å². The van der Waals surface area contributed by atoms with E-state index >= 15 is 0 Å². The highest BCUT2D eigenvalue weighted by atomic mass is 79.9. The van der Waals surface area contributed by atoms with Crippen molar-refractivity contribution in [1.82, 2.24) is 9.97 Å². The van der Waals surface area contributed by atoms with E-state index in [1.165, 1.54) is 81.8 Å². The van der Waals surface area contributed by atoms with E-state index in [1.807, 2.05) is 0 Å². The zero-order valence-electron chi connectivity index (χ0n) is 18.3. The predicted molar refractivity (Wildman–Crippen MR) is 127 cm³/mol. The third kappa shape index (κ3) is 6.64. The van der Waals surface area contributed by atoms with Crippen molar-refractivity contribution < 1.29 is 0 Å². The molecular weight excluding hydrogens is 420 g/mol. The van der Waals surface area contributed by atoms with Crippen LogP contribution in [0.2, 0.25) is 0 Å². The molecule has 29 heavy (non-hydrogen) atoms. The Balaban J connectivity index is 1.56. The second-order valence-electron chi connectivity index (χ2n) is 8.82. The summed E-state index contributed by atoms with van der Waals surface area (Å²) in [5, 5.41) is 0. The minimum Gasteiger partial charge on any atom is -0.236 e. The van der Waals surface area contributed by atoms with Crippen LogP contribution in [0.3, 0.4) is 0 Å². The van der Waals surface area contributed by atoms with Crippen LogP contribution in [-0.2, 0) is 6.42 Å². The number of hydrogen-bond acceptors (Lipinski definition) is 2. The van der Waals surface area contributed by atoms with E-state index in [4.69, 9.17) is 9.97 Å². The molecule has 0 aliphatic heterocycles. The Morgan fingerprint density at radius 2 is 1.59 bits per heavy atom. The number of halogens is 1. The molecule has 0 unspecified atom stereocenters. The van der Waals surface area contributed by atoms with Gasteiger partial charge in [-0.3, -0.25) is 0 Å². The first-order chi connectivity index (χ1) is 14.2. The van der Waals surface area contributed by atoms with Gasteiger partial charge in [0.05, 0.1) is 0 Å². The quantitative estimate of drug-likeness (QED) is 0.334. The maximum atomic E-state index is 4.73. The van der Waals surface area contributed by atoms with Crippen LogP contribution >= 0.6 is 15.9 Å². The third-order valence-electron chi connectivity index (χ3n) is 6.55. The van der Waals surface area contributed by atoms with Gasteiger partial charge in [-0.1, -0.05) is 74.4 Å². The molecule has 1 aliphatic rings. The number of benzene rings is 1. The van der Waals surface area contributed by atoms with Gasteiger partial charge in [0.15, 0.2) is 5.82 Å². The van der Waals surface area contributed by atoms with Crippen LogP contribution in [-0.4, -0.2) is 9.97 Å². The molecule has 0 saturated heterocycles. The Kier molecular flexibility index (Phi) is 9.17. The summed E-state index contributed by atoms with van der Waals surface area (Å²) in [6.45, 7) is 4.54. The van der Waals surface area contributed by atoms with E-state index in [0.29, 0.717) is 5.92 Å². The first kappa shape index (κ1) is 22.5. The van der Waals surface area contributed by atoms with Gasteiger partial charge in [0.2, 0.25) is 0 Å². The number of rotatable bonds is 10. The lowest BCUT2D eigenvalue weighted by Crippen LogP contribution is -2.14. The fourth-order valence-corrected chi connectivity index (χ4v) is 5.23. The molecule has 0 spiro atoms. The molecule has 2 aromatic rings. The van der Waals surface area contributed by atoms with Crippen LogP contribution in [0.15, 0.2) is 35.1 Å². The maximum absolute atomic E-state index is 4.73. The van der Waals surface area contributed by atoms with Crippen LogP contribution in [0.5, 0.6) is 0 Å². The molecule has 2 nitrogen and oxygen atoms in total. The molecule has 1 saturated carbocycles. The smallest absolute Gasteiger partial charge is 0.160 e. The van der Waals surface area contributed by atoms with Crippen molar-refractivity contribution in [3.63, 3.8) is 0 Å². The SMILES string of the molecule is CCCCCc1ccc(-c2ncc(C3CCC(CCCCC)CC3)cn2)c(Br)c1. The molecular formula is C26H37BrN2. The number of aryl methyl sites for hydroxylation is 1. The fourth-order valence-electron chi connectivity index (χ4n) is 4.63. The van der Waals surface area contributed by atoms with Crippen LogP contribution in [0.1, 0.15) is 102 Å². The van der Waals surface area contributed by atoms with Gasteiger partial charge in [0, 0.05) is 22.4 Å². The highest BCUT2D eigenvalue weighted by Gasteiger charge is 2.22. The lowest BCUT2D eigenvalue weighted by molar-refractivity contribution is 0.302. The standard InChI is InChI=1S/C26H37BrN2/c1-3-5-7-9-20-11-14-22(15-12-20)23-18-28-26(29-19-23)24-16-13-21(17-25(24)27)10-8-6-4-2/h13,16-20,22H,3-12,14-15H2,1-2H3. The summed E-state index contributed by atoms with van der Waals surface area (Å²) >= 11 is 3.74. The number of hydrogen-bond donors (Lipinski definition) is 0. The molecule has 1 heterocycles. The minimum atomic E-state index is 0.649. The molecule has 158 valence electrons. The highest BCUT2D eigenvalue weighted by molar-refractivity contribution is 9.10. The van der Waals surface area contributed by atoms with E-state index in [9.17, 15) is 0 Å². The van der Waals surface area contributed by atoms with E-state index in [1.54, 1.807) is 0 Å². The summed E-state index contributed by atoms with van der Waals surface area (Å²) in [5.74, 6) is 2.43. The number of aromatic nitrogens is 2. The topological polar surface area (TPSA) is 25.8 Å². The molecule has 1 aromatic heterocycles. The summed E-state index contributed by atoms with van der Waals surface area (Å²) in [4.78, 5) is 9.46. The van der Waals surface area contributed by atoms with Gasteiger partial charge in [0.1, 0.15) is 0 Å². The van der Waals surface area contributed by atoms with E-state index in [-0.39, 0.29) is 0 Å². The van der Waals surface area contributed by atoms with E-state index in [2.05, 4.69) is 60.4 Å². The van der Waals surface area contributed by atoms with E-state index in [0.717, 1.165) is 28.2 Å². The molecule has 0 radical (unpaired) electrons. The van der Waals surface area contributed by atoms with Gasteiger partial charge < -0.3 is 0 Å². The molecule has 1 aromatic carbocycles. The summed E-state index contributed by atoms with van der Waals surface area (Å²) in [6.07, 6.45) is 20.0. The lowest BCUT2D eigenvalue weighted by atomic mass is 9.77. The molecule has 0 amide bonds. The third-order valence-corrected chi connectivity index (χ3v) is 7.21. The Hall–Kier alpha value is -1.22. The van der Waals surface area contributed by atoms with Crippen molar-refractivity contribution in [2.24, 2.45) is 5.92 Å². The first-order valence-electron chi connectivity index (χ1n) is 11.8. The highest BCUT2D eigenvalue weighted by Crippen LogP contribution is 2.37. The van der Waals surface area contributed by atoms with Crippen LogP contribution in [0, 0.1) is 5.92 Å². The number of nitrogens with zero attached hydrogens (tertiary/aromatic N) is 2. The molecule has 1 fully saturated rings. The Morgan fingerprint density at radius 3 is 2.24 bits per heavy atom. The zero-order valence-corrected chi connectivity index (χ0v) is 19.9. The lowest BCUT2D eigenvalue weighted by Gasteiger charge is -2.28. The van der Waals surface area contributed by atoms with Gasteiger partial charge in [-0.05, 0) is 73.6 Å². The second-order valence-corrected chi connectivity index (χ2v) is 9.68. The van der Waals surface area contributed by atoms with Crippen LogP contribution in [0.25, 0.3) is 11.4 Å². The molecule has 0 bridgehead atoms. The average Bonchev–Trinajstić information content (AvgIpc) is 2.75. The van der Waals surface area contributed by atoms with Gasteiger partial charge in [-0.15, -0.1) is 0 Å². The van der Waals surface area contributed by atoms with Gasteiger partial charge in [-0.2, -0.15) is 0 Å². The predicted octanol–water partition coefficient (Wildman–Crippen LogP) is 8.49. The van der Waals surface area contributed by atoms with Crippen molar-refractivity contribution in [3.8, 4) is 11.4 Å².